The van der Waals surface area contributed by atoms with E-state index in [4.69, 9.17) is 15.3 Å². The summed E-state index contributed by atoms with van der Waals surface area (Å²) in [5.41, 5.74) is 2.55. The molecule has 0 atom stereocenters. The Labute approximate surface area is 175 Å². The number of hydrogen-bond acceptors (Lipinski definition) is 8. The number of hydrogen-bond donors (Lipinski definition) is 1. The average molecular weight is 414 g/mol. The predicted octanol–water partition coefficient (Wildman–Crippen LogP) is 2.89. The van der Waals surface area contributed by atoms with Gasteiger partial charge in [-0.05, 0) is 36.6 Å². The quantitative estimate of drug-likeness (QED) is 0.365. The van der Waals surface area contributed by atoms with Crippen LogP contribution in [0.1, 0.15) is 25.8 Å². The highest BCUT2D eigenvalue weighted by Crippen LogP contribution is 2.22. The SMILES string of the molecule is CCCOC1CN(c2cnc(OCC(C=Nc3ccc(F)c(CC)c3)=NN)nc2)C1. The minimum atomic E-state index is -0.240. The molecule has 0 unspecified atom stereocenters. The molecule has 1 aromatic carbocycles. The number of aromatic nitrogens is 2. The van der Waals surface area contributed by atoms with Crippen molar-refractivity contribution in [3.63, 3.8) is 0 Å². The fourth-order valence-electron chi connectivity index (χ4n) is 2.89. The highest BCUT2D eigenvalue weighted by atomic mass is 19.1. The van der Waals surface area contributed by atoms with Gasteiger partial charge in [0, 0.05) is 19.7 Å². The third kappa shape index (κ3) is 5.73. The van der Waals surface area contributed by atoms with E-state index in [1.807, 2.05) is 6.92 Å². The lowest BCUT2D eigenvalue weighted by Gasteiger charge is -2.40. The van der Waals surface area contributed by atoms with Gasteiger partial charge in [-0.25, -0.2) is 14.4 Å². The zero-order chi connectivity index (χ0) is 21.3. The van der Waals surface area contributed by atoms with Crippen LogP contribution in [0.3, 0.4) is 0 Å². The summed E-state index contributed by atoms with van der Waals surface area (Å²) >= 11 is 0. The molecule has 0 saturated carbocycles. The van der Waals surface area contributed by atoms with Crippen LogP contribution in [0.15, 0.2) is 40.7 Å². The van der Waals surface area contributed by atoms with Gasteiger partial charge in [0.05, 0.1) is 36.1 Å². The second-order valence-electron chi connectivity index (χ2n) is 6.92. The molecule has 2 N–H and O–H groups in total. The number of aryl methyl sites for hydroxylation is 1. The van der Waals surface area contributed by atoms with E-state index in [0.717, 1.165) is 31.8 Å². The Morgan fingerprint density at radius 2 is 2.07 bits per heavy atom. The van der Waals surface area contributed by atoms with Crippen LogP contribution in [-0.2, 0) is 11.2 Å². The maximum Gasteiger partial charge on any atom is 0.316 e. The number of rotatable bonds is 10. The highest BCUT2D eigenvalue weighted by molar-refractivity contribution is 6.31. The van der Waals surface area contributed by atoms with Crippen LogP contribution in [0, 0.1) is 5.82 Å². The second kappa shape index (κ2) is 10.6. The number of ether oxygens (including phenoxy) is 2. The molecule has 0 bridgehead atoms. The van der Waals surface area contributed by atoms with Crippen LogP contribution in [0.5, 0.6) is 6.01 Å². The maximum atomic E-state index is 13.6. The Morgan fingerprint density at radius 3 is 2.73 bits per heavy atom. The minimum absolute atomic E-state index is 0.0673. The van der Waals surface area contributed by atoms with Crippen molar-refractivity contribution < 1.29 is 13.9 Å². The van der Waals surface area contributed by atoms with Crippen molar-refractivity contribution in [2.75, 3.05) is 31.2 Å². The first kappa shape index (κ1) is 21.6. The van der Waals surface area contributed by atoms with E-state index in [2.05, 4.69) is 31.9 Å². The Hall–Kier alpha value is -3.07. The van der Waals surface area contributed by atoms with Gasteiger partial charge in [-0.2, -0.15) is 5.10 Å². The molecule has 160 valence electrons. The summed E-state index contributed by atoms with van der Waals surface area (Å²) in [6.07, 6.45) is 6.81. The number of hydrazone groups is 1. The third-order valence-electron chi connectivity index (χ3n) is 4.67. The first-order valence-corrected chi connectivity index (χ1v) is 10.0. The zero-order valence-electron chi connectivity index (χ0n) is 17.3. The Kier molecular flexibility index (Phi) is 7.67. The van der Waals surface area contributed by atoms with E-state index in [9.17, 15) is 4.39 Å². The van der Waals surface area contributed by atoms with E-state index in [0.29, 0.717) is 23.4 Å². The summed E-state index contributed by atoms with van der Waals surface area (Å²) in [5, 5.41) is 3.67. The van der Waals surface area contributed by atoms with E-state index in [1.54, 1.807) is 24.5 Å². The van der Waals surface area contributed by atoms with Crippen molar-refractivity contribution in [1.82, 2.24) is 9.97 Å². The van der Waals surface area contributed by atoms with E-state index in [1.165, 1.54) is 12.3 Å². The van der Waals surface area contributed by atoms with Crippen molar-refractivity contribution in [3.8, 4) is 6.01 Å². The minimum Gasteiger partial charge on any atom is -0.457 e. The second-order valence-corrected chi connectivity index (χ2v) is 6.92. The molecule has 1 aliphatic heterocycles. The van der Waals surface area contributed by atoms with Gasteiger partial charge in [0.1, 0.15) is 18.1 Å². The van der Waals surface area contributed by atoms with Gasteiger partial charge in [-0.3, -0.25) is 4.99 Å². The van der Waals surface area contributed by atoms with Crippen LogP contribution >= 0.6 is 0 Å². The molecular formula is C21H27FN6O2. The number of nitrogens with two attached hydrogens (primary N) is 1. The summed E-state index contributed by atoms with van der Waals surface area (Å²) in [7, 11) is 0. The van der Waals surface area contributed by atoms with Gasteiger partial charge < -0.3 is 20.2 Å². The molecule has 1 aromatic heterocycles. The lowest BCUT2D eigenvalue weighted by molar-refractivity contribution is 0.0347. The molecule has 0 spiro atoms. The number of halogens is 1. The average Bonchev–Trinajstić information content (AvgIpc) is 2.74. The van der Waals surface area contributed by atoms with Crippen molar-refractivity contribution >= 4 is 23.3 Å². The standard InChI is InChI=1S/C21H27FN6O2/c1-3-7-29-19-12-28(13-19)18-10-25-21(26-11-18)30-14-17(27-23)9-24-16-5-6-20(22)15(4-2)8-16/h5-6,8-11,19H,3-4,7,12-14,23H2,1-2H3. The summed E-state index contributed by atoms with van der Waals surface area (Å²) in [4.78, 5) is 14.9. The molecular weight excluding hydrogens is 387 g/mol. The first-order valence-electron chi connectivity index (χ1n) is 10.0. The van der Waals surface area contributed by atoms with E-state index >= 15 is 0 Å². The highest BCUT2D eigenvalue weighted by Gasteiger charge is 2.27. The molecule has 0 radical (unpaired) electrons. The maximum absolute atomic E-state index is 13.6. The van der Waals surface area contributed by atoms with Gasteiger partial charge in [-0.1, -0.05) is 13.8 Å². The lowest BCUT2D eigenvalue weighted by Crippen LogP contribution is -2.52. The van der Waals surface area contributed by atoms with Crippen molar-refractivity contribution in [2.24, 2.45) is 15.9 Å². The van der Waals surface area contributed by atoms with Crippen LogP contribution in [0.25, 0.3) is 0 Å². The van der Waals surface area contributed by atoms with Gasteiger partial charge >= 0.3 is 6.01 Å². The molecule has 3 rings (SSSR count). The van der Waals surface area contributed by atoms with Crippen LogP contribution < -0.4 is 15.5 Å². The molecule has 30 heavy (non-hydrogen) atoms. The summed E-state index contributed by atoms with van der Waals surface area (Å²) in [6, 6.07) is 4.90. The summed E-state index contributed by atoms with van der Waals surface area (Å²) in [5.74, 6) is 5.18. The normalized spacial score (nSPS) is 14.9. The molecule has 2 heterocycles. The van der Waals surface area contributed by atoms with Gasteiger partial charge in [0.2, 0.25) is 0 Å². The molecule has 1 fully saturated rings. The van der Waals surface area contributed by atoms with Gasteiger partial charge in [-0.15, -0.1) is 0 Å². The van der Waals surface area contributed by atoms with Crippen molar-refractivity contribution in [2.45, 2.75) is 32.8 Å². The van der Waals surface area contributed by atoms with Crippen molar-refractivity contribution in [3.05, 3.63) is 42.0 Å². The molecule has 1 aliphatic rings. The van der Waals surface area contributed by atoms with E-state index < -0.39 is 0 Å². The topological polar surface area (TPSA) is 98.2 Å². The number of aliphatic imine (C=N–C) groups is 1. The van der Waals surface area contributed by atoms with Crippen LogP contribution in [0.2, 0.25) is 0 Å². The Morgan fingerprint density at radius 1 is 1.30 bits per heavy atom. The lowest BCUT2D eigenvalue weighted by atomic mass is 10.1. The number of anilines is 1. The van der Waals surface area contributed by atoms with Gasteiger partial charge in [0.25, 0.3) is 0 Å². The summed E-state index contributed by atoms with van der Waals surface area (Å²) in [6.45, 7) is 6.52. The van der Waals surface area contributed by atoms with Crippen LogP contribution in [0.4, 0.5) is 15.8 Å². The summed E-state index contributed by atoms with van der Waals surface area (Å²) < 4.78 is 24.8. The fraction of sp³-hybridized carbons (Fsp3) is 0.429. The fourth-order valence-corrected chi connectivity index (χ4v) is 2.89. The predicted molar refractivity (Wildman–Crippen MR) is 115 cm³/mol. The zero-order valence-corrected chi connectivity index (χ0v) is 17.3. The Bertz CT molecular complexity index is 882. The first-order chi connectivity index (χ1) is 14.6. The molecule has 9 heteroatoms. The third-order valence-corrected chi connectivity index (χ3v) is 4.67. The number of nitrogens with zero attached hydrogens (tertiary/aromatic N) is 5. The molecule has 1 saturated heterocycles. The van der Waals surface area contributed by atoms with E-state index in [-0.39, 0.29) is 24.5 Å². The molecule has 2 aromatic rings. The molecule has 0 amide bonds. The number of benzene rings is 1. The molecule has 0 aliphatic carbocycles. The van der Waals surface area contributed by atoms with Crippen molar-refractivity contribution in [1.29, 1.82) is 0 Å². The Balaban J connectivity index is 1.49. The monoisotopic (exact) mass is 414 g/mol. The van der Waals surface area contributed by atoms with Crippen LogP contribution in [-0.4, -0.2) is 54.3 Å². The largest absolute Gasteiger partial charge is 0.457 e. The van der Waals surface area contributed by atoms with Gasteiger partial charge in [0.15, 0.2) is 0 Å². The molecule has 8 nitrogen and oxygen atoms in total. The smallest absolute Gasteiger partial charge is 0.316 e.